The fraction of sp³-hybridized carbons (Fsp3) is 0.286. The summed E-state index contributed by atoms with van der Waals surface area (Å²) in [4.78, 5) is 10.1. The van der Waals surface area contributed by atoms with Crippen LogP contribution in [0.3, 0.4) is 0 Å². The largest absolute Gasteiger partial charge is 0.366 e. The van der Waals surface area contributed by atoms with Crippen LogP contribution in [0.4, 0.5) is 0 Å². The summed E-state index contributed by atoms with van der Waals surface area (Å²) in [6.07, 6.45) is 7.67. The second kappa shape index (κ2) is 5.09. The number of hydrogen-bond acceptors (Lipinski definition) is 1. The second-order valence-corrected chi connectivity index (χ2v) is 1.60. The highest BCUT2D eigenvalue weighted by atomic mass is 16.1. The van der Waals surface area contributed by atoms with E-state index >= 15 is 0 Å². The molecule has 9 heavy (non-hydrogen) atoms. The van der Waals surface area contributed by atoms with Crippen molar-refractivity contribution in [1.29, 1.82) is 0 Å². The molecule has 0 aromatic rings. The highest BCUT2D eigenvalue weighted by Crippen LogP contribution is 1.80. The summed E-state index contributed by atoms with van der Waals surface area (Å²) < 4.78 is 0. The van der Waals surface area contributed by atoms with Gasteiger partial charge in [-0.15, -0.1) is 0 Å². The van der Waals surface area contributed by atoms with Crippen LogP contribution in [0, 0.1) is 0 Å². The van der Waals surface area contributed by atoms with Gasteiger partial charge in [0.2, 0.25) is 5.91 Å². The lowest BCUT2D eigenvalue weighted by Crippen LogP contribution is -2.04. The van der Waals surface area contributed by atoms with Gasteiger partial charge in [0.1, 0.15) is 0 Å². The van der Waals surface area contributed by atoms with Gasteiger partial charge in [0.25, 0.3) is 0 Å². The minimum Gasteiger partial charge on any atom is -0.366 e. The molecule has 2 heteroatoms. The quantitative estimate of drug-likeness (QED) is 0.443. The van der Waals surface area contributed by atoms with E-state index in [2.05, 4.69) is 0 Å². The van der Waals surface area contributed by atoms with E-state index in [0.29, 0.717) is 0 Å². The zero-order valence-corrected chi connectivity index (χ0v) is 5.50. The number of amides is 1. The Morgan fingerprint density at radius 3 is 2.67 bits per heavy atom. The Balaban J connectivity index is 3.47. The summed E-state index contributed by atoms with van der Waals surface area (Å²) >= 11 is 0. The molecular formula is C7H11NO. The van der Waals surface area contributed by atoms with Crippen LogP contribution in [0.15, 0.2) is 24.3 Å². The van der Waals surface area contributed by atoms with Crippen molar-refractivity contribution < 1.29 is 4.79 Å². The first-order valence-corrected chi connectivity index (χ1v) is 2.90. The first-order chi connectivity index (χ1) is 4.27. The Hall–Kier alpha value is -1.05. The van der Waals surface area contributed by atoms with Crippen molar-refractivity contribution >= 4 is 5.91 Å². The number of carbonyl (C=O) groups excluding carboxylic acids is 1. The third-order valence-electron chi connectivity index (χ3n) is 0.743. The number of allylic oxidation sites excluding steroid dienone is 3. The first-order valence-electron chi connectivity index (χ1n) is 2.90. The molecule has 0 bridgehead atoms. The molecule has 0 spiro atoms. The van der Waals surface area contributed by atoms with Crippen molar-refractivity contribution in [1.82, 2.24) is 0 Å². The van der Waals surface area contributed by atoms with Gasteiger partial charge >= 0.3 is 0 Å². The molecule has 0 radical (unpaired) electrons. The van der Waals surface area contributed by atoms with Crippen molar-refractivity contribution in [3.05, 3.63) is 24.3 Å². The van der Waals surface area contributed by atoms with Crippen molar-refractivity contribution in [2.24, 2.45) is 5.73 Å². The maximum Gasteiger partial charge on any atom is 0.241 e. The van der Waals surface area contributed by atoms with Crippen molar-refractivity contribution in [3.8, 4) is 0 Å². The average Bonchev–Trinajstić information content (AvgIpc) is 1.80. The van der Waals surface area contributed by atoms with Crippen LogP contribution >= 0.6 is 0 Å². The van der Waals surface area contributed by atoms with E-state index in [1.54, 1.807) is 12.2 Å². The third kappa shape index (κ3) is 6.95. The molecule has 0 heterocycles. The SMILES string of the molecule is CC/C=C\C=C/C(N)=O. The van der Waals surface area contributed by atoms with Gasteiger partial charge in [-0.25, -0.2) is 0 Å². The Kier molecular flexibility index (Phi) is 4.50. The van der Waals surface area contributed by atoms with Gasteiger partial charge in [-0.1, -0.05) is 25.2 Å². The van der Waals surface area contributed by atoms with Crippen molar-refractivity contribution in [2.45, 2.75) is 13.3 Å². The Morgan fingerprint density at radius 2 is 2.22 bits per heavy atom. The number of hydrogen-bond donors (Lipinski definition) is 1. The summed E-state index contributed by atoms with van der Waals surface area (Å²) in [7, 11) is 0. The van der Waals surface area contributed by atoms with E-state index in [1.165, 1.54) is 6.08 Å². The highest BCUT2D eigenvalue weighted by Gasteiger charge is 1.75. The van der Waals surface area contributed by atoms with Gasteiger partial charge in [0.15, 0.2) is 0 Å². The topological polar surface area (TPSA) is 43.1 Å². The molecule has 2 N–H and O–H groups in total. The Morgan fingerprint density at radius 1 is 1.56 bits per heavy atom. The van der Waals surface area contributed by atoms with Crippen LogP contribution in [0.5, 0.6) is 0 Å². The average molecular weight is 125 g/mol. The van der Waals surface area contributed by atoms with Crippen LogP contribution in [0.25, 0.3) is 0 Å². The molecule has 0 aromatic carbocycles. The molecule has 0 unspecified atom stereocenters. The number of nitrogens with two attached hydrogens (primary N) is 1. The van der Waals surface area contributed by atoms with Gasteiger partial charge in [-0.05, 0) is 6.42 Å². The molecule has 0 aromatic heterocycles. The fourth-order valence-corrected chi connectivity index (χ4v) is 0.365. The normalized spacial score (nSPS) is 11.2. The molecule has 1 amide bonds. The molecule has 0 atom stereocenters. The van der Waals surface area contributed by atoms with E-state index in [-0.39, 0.29) is 0 Å². The number of carbonyl (C=O) groups is 1. The van der Waals surface area contributed by atoms with Gasteiger partial charge in [-0.2, -0.15) is 0 Å². The molecule has 0 fully saturated rings. The maximum absolute atomic E-state index is 10.1. The molecule has 0 saturated carbocycles. The molecule has 0 aliphatic heterocycles. The van der Waals surface area contributed by atoms with E-state index in [1.807, 2.05) is 13.0 Å². The zero-order valence-electron chi connectivity index (χ0n) is 5.50. The number of primary amides is 1. The monoisotopic (exact) mass is 125 g/mol. The van der Waals surface area contributed by atoms with Gasteiger partial charge in [-0.3, -0.25) is 4.79 Å². The summed E-state index contributed by atoms with van der Waals surface area (Å²) in [5.41, 5.74) is 4.82. The minimum absolute atomic E-state index is 0.407. The summed E-state index contributed by atoms with van der Waals surface area (Å²) in [6, 6.07) is 0. The van der Waals surface area contributed by atoms with Crippen molar-refractivity contribution in [2.75, 3.05) is 0 Å². The molecule has 0 saturated heterocycles. The number of rotatable bonds is 3. The maximum atomic E-state index is 10.1. The minimum atomic E-state index is -0.407. The highest BCUT2D eigenvalue weighted by molar-refractivity contribution is 5.85. The molecule has 0 aliphatic carbocycles. The molecule has 0 rings (SSSR count). The first kappa shape index (κ1) is 7.95. The molecule has 50 valence electrons. The smallest absolute Gasteiger partial charge is 0.241 e. The fourth-order valence-electron chi connectivity index (χ4n) is 0.365. The second-order valence-electron chi connectivity index (χ2n) is 1.60. The van der Waals surface area contributed by atoms with Crippen molar-refractivity contribution in [3.63, 3.8) is 0 Å². The Labute approximate surface area is 55.1 Å². The standard InChI is InChI=1S/C7H11NO/c1-2-3-4-5-6-7(8)9/h3-6H,2H2,1H3,(H2,8,9)/b4-3-,6-5-. The van der Waals surface area contributed by atoms with Crippen LogP contribution in [0.1, 0.15) is 13.3 Å². The predicted molar refractivity (Wildman–Crippen MR) is 37.8 cm³/mol. The van der Waals surface area contributed by atoms with Gasteiger partial charge in [0.05, 0.1) is 0 Å². The summed E-state index contributed by atoms with van der Waals surface area (Å²) in [5, 5.41) is 0. The van der Waals surface area contributed by atoms with Crippen LogP contribution in [-0.4, -0.2) is 5.91 Å². The summed E-state index contributed by atoms with van der Waals surface area (Å²) in [5.74, 6) is -0.407. The van der Waals surface area contributed by atoms with Crippen LogP contribution in [-0.2, 0) is 4.79 Å². The summed E-state index contributed by atoms with van der Waals surface area (Å²) in [6.45, 7) is 2.02. The van der Waals surface area contributed by atoms with E-state index < -0.39 is 5.91 Å². The lowest BCUT2D eigenvalue weighted by atomic mass is 10.4. The molecule has 2 nitrogen and oxygen atoms in total. The third-order valence-corrected chi connectivity index (χ3v) is 0.743. The van der Waals surface area contributed by atoms with E-state index in [4.69, 9.17) is 5.73 Å². The van der Waals surface area contributed by atoms with Crippen LogP contribution in [0.2, 0.25) is 0 Å². The molecule has 0 aliphatic rings. The van der Waals surface area contributed by atoms with E-state index in [9.17, 15) is 4.79 Å². The zero-order chi connectivity index (χ0) is 7.11. The molecular weight excluding hydrogens is 114 g/mol. The lowest BCUT2D eigenvalue weighted by Gasteiger charge is -1.75. The lowest BCUT2D eigenvalue weighted by molar-refractivity contribution is -0.113. The Bertz CT molecular complexity index is 136. The van der Waals surface area contributed by atoms with Gasteiger partial charge in [0, 0.05) is 6.08 Å². The van der Waals surface area contributed by atoms with E-state index in [0.717, 1.165) is 6.42 Å². The predicted octanol–water partition coefficient (Wildman–Crippen LogP) is 0.994. The van der Waals surface area contributed by atoms with Gasteiger partial charge < -0.3 is 5.73 Å². The van der Waals surface area contributed by atoms with Crippen LogP contribution < -0.4 is 5.73 Å².